The van der Waals surface area contributed by atoms with Crippen LogP contribution in [0.25, 0.3) is 10.9 Å². The van der Waals surface area contributed by atoms with Gasteiger partial charge in [-0.25, -0.2) is 0 Å². The first-order valence-corrected chi connectivity index (χ1v) is 8.76. The third kappa shape index (κ3) is 2.28. The number of aromatic amines is 1. The molecule has 1 N–H and O–H groups in total. The Bertz CT molecular complexity index is 844. The lowest BCUT2D eigenvalue weighted by molar-refractivity contribution is -0.166. The molecule has 0 saturated carbocycles. The second kappa shape index (κ2) is 5.88. The van der Waals surface area contributed by atoms with Crippen molar-refractivity contribution in [2.45, 2.75) is 25.3 Å². The number of carbonyl (C=O) groups is 2. The molecule has 0 bridgehead atoms. The minimum Gasteiger partial charge on any atom is -0.385 e. The van der Waals surface area contributed by atoms with Crippen molar-refractivity contribution >= 4 is 22.7 Å². The fourth-order valence-electron chi connectivity index (χ4n) is 4.26. The van der Waals surface area contributed by atoms with Crippen LogP contribution < -0.4 is 0 Å². The summed E-state index contributed by atoms with van der Waals surface area (Å²) in [6.45, 7) is 3.74. The lowest BCUT2D eigenvalue weighted by Crippen LogP contribution is -2.67. The van der Waals surface area contributed by atoms with E-state index in [9.17, 15) is 9.59 Å². The van der Waals surface area contributed by atoms with E-state index < -0.39 is 5.54 Å². The van der Waals surface area contributed by atoms with E-state index in [-0.39, 0.29) is 18.4 Å². The maximum Gasteiger partial charge on any atom is 0.254 e. The van der Waals surface area contributed by atoms with Crippen LogP contribution in [0.5, 0.6) is 0 Å². The summed E-state index contributed by atoms with van der Waals surface area (Å²) < 4.78 is 5.08. The Morgan fingerprint density at radius 2 is 2.08 bits per heavy atom. The van der Waals surface area contributed by atoms with Crippen LogP contribution >= 0.6 is 0 Å². The topological polar surface area (TPSA) is 65.6 Å². The van der Waals surface area contributed by atoms with Gasteiger partial charge in [0.05, 0.1) is 12.2 Å². The van der Waals surface area contributed by atoms with Crippen molar-refractivity contribution in [1.82, 2.24) is 14.8 Å². The second-order valence-corrected chi connectivity index (χ2v) is 6.96. The number of amides is 2. The number of rotatable bonds is 4. The van der Waals surface area contributed by atoms with Crippen LogP contribution in [0.2, 0.25) is 0 Å². The summed E-state index contributed by atoms with van der Waals surface area (Å²) in [6.07, 6.45) is 1.50. The number of methoxy groups -OCH3 is 1. The number of hydrogen-bond donors (Lipinski definition) is 1. The molecule has 2 aliphatic rings. The van der Waals surface area contributed by atoms with Crippen LogP contribution in [0.15, 0.2) is 24.3 Å². The average molecular weight is 341 g/mol. The maximum atomic E-state index is 13.3. The molecule has 132 valence electrons. The highest BCUT2D eigenvalue weighted by molar-refractivity contribution is 6.00. The molecule has 6 nitrogen and oxygen atoms in total. The van der Waals surface area contributed by atoms with Crippen LogP contribution in [-0.4, -0.2) is 59.9 Å². The van der Waals surface area contributed by atoms with Gasteiger partial charge in [-0.05, 0) is 31.4 Å². The summed E-state index contributed by atoms with van der Waals surface area (Å²) in [5, 5.41) is 1.15. The van der Waals surface area contributed by atoms with Crippen molar-refractivity contribution in [3.05, 3.63) is 35.5 Å². The maximum absolute atomic E-state index is 13.3. The van der Waals surface area contributed by atoms with E-state index in [0.717, 1.165) is 35.0 Å². The number of hydrogen-bond acceptors (Lipinski definition) is 3. The SMILES string of the molecule is COCCCN1CC(=O)N2CCc3c([nH]c4ccccc34)[C@@]2(C)C1=O. The molecule has 0 unspecified atom stereocenters. The second-order valence-electron chi connectivity index (χ2n) is 6.96. The van der Waals surface area contributed by atoms with Crippen LogP contribution in [0.1, 0.15) is 24.6 Å². The number of benzene rings is 1. The van der Waals surface area contributed by atoms with E-state index in [2.05, 4.69) is 11.1 Å². The zero-order valence-corrected chi connectivity index (χ0v) is 14.7. The third-order valence-corrected chi connectivity index (χ3v) is 5.53. The minimum atomic E-state index is -0.949. The number of nitrogens with one attached hydrogen (secondary N) is 1. The summed E-state index contributed by atoms with van der Waals surface area (Å²) in [6, 6.07) is 8.09. The van der Waals surface area contributed by atoms with Gasteiger partial charge in [-0.1, -0.05) is 18.2 Å². The van der Waals surface area contributed by atoms with Crippen molar-refractivity contribution in [2.75, 3.05) is 33.4 Å². The Morgan fingerprint density at radius 3 is 2.88 bits per heavy atom. The Hall–Kier alpha value is -2.34. The Balaban J connectivity index is 1.78. The Kier molecular flexibility index (Phi) is 3.80. The van der Waals surface area contributed by atoms with Crippen LogP contribution in [0.4, 0.5) is 0 Å². The fourth-order valence-corrected chi connectivity index (χ4v) is 4.26. The first kappa shape index (κ1) is 16.1. The first-order valence-electron chi connectivity index (χ1n) is 8.76. The molecule has 1 aromatic heterocycles. The first-order chi connectivity index (χ1) is 12.1. The molecule has 2 amide bonds. The quantitative estimate of drug-likeness (QED) is 0.860. The van der Waals surface area contributed by atoms with Crippen LogP contribution in [0.3, 0.4) is 0 Å². The van der Waals surface area contributed by atoms with Gasteiger partial charge in [0.2, 0.25) is 5.91 Å². The largest absolute Gasteiger partial charge is 0.385 e. The van der Waals surface area contributed by atoms with Crippen molar-refractivity contribution in [2.24, 2.45) is 0 Å². The van der Waals surface area contributed by atoms with E-state index in [1.54, 1.807) is 16.9 Å². The highest BCUT2D eigenvalue weighted by Crippen LogP contribution is 2.41. The summed E-state index contributed by atoms with van der Waals surface area (Å²) >= 11 is 0. The van der Waals surface area contributed by atoms with Crippen molar-refractivity contribution in [3.63, 3.8) is 0 Å². The zero-order valence-electron chi connectivity index (χ0n) is 14.7. The van der Waals surface area contributed by atoms with Gasteiger partial charge in [0.25, 0.3) is 5.91 Å². The molecular formula is C19H23N3O3. The molecule has 1 saturated heterocycles. The van der Waals surface area contributed by atoms with Crippen molar-refractivity contribution in [3.8, 4) is 0 Å². The van der Waals surface area contributed by atoms with Gasteiger partial charge in [-0.3, -0.25) is 9.59 Å². The monoisotopic (exact) mass is 341 g/mol. The highest BCUT2D eigenvalue weighted by Gasteiger charge is 2.53. The van der Waals surface area contributed by atoms with Gasteiger partial charge < -0.3 is 19.5 Å². The molecule has 0 radical (unpaired) electrons. The molecular weight excluding hydrogens is 318 g/mol. The molecule has 1 fully saturated rings. The highest BCUT2D eigenvalue weighted by atomic mass is 16.5. The molecule has 25 heavy (non-hydrogen) atoms. The summed E-state index contributed by atoms with van der Waals surface area (Å²) in [7, 11) is 1.64. The molecule has 3 heterocycles. The summed E-state index contributed by atoms with van der Waals surface area (Å²) in [5.74, 6) is 0.0135. The number of para-hydroxylation sites is 1. The number of H-pyrrole nitrogens is 1. The van der Waals surface area contributed by atoms with E-state index in [1.165, 1.54) is 0 Å². The number of ether oxygens (including phenoxy) is 1. The standard InChI is InChI=1S/C19H23N3O3/c1-19-17-14(13-6-3-4-7-15(13)20-17)8-10-22(19)16(23)12-21(18(19)24)9-5-11-25-2/h3-4,6-7,20H,5,8-12H2,1-2H3/t19-/m0/s1. The zero-order chi connectivity index (χ0) is 17.6. The Labute approximate surface area is 146 Å². The average Bonchev–Trinajstić information content (AvgIpc) is 3.00. The molecule has 4 rings (SSSR count). The third-order valence-electron chi connectivity index (χ3n) is 5.53. The number of piperazine rings is 1. The van der Waals surface area contributed by atoms with E-state index in [4.69, 9.17) is 4.74 Å². The van der Waals surface area contributed by atoms with Gasteiger partial charge in [-0.15, -0.1) is 0 Å². The van der Waals surface area contributed by atoms with Gasteiger partial charge in [0.15, 0.2) is 5.54 Å². The molecule has 2 aromatic rings. The van der Waals surface area contributed by atoms with Crippen LogP contribution in [-0.2, 0) is 26.3 Å². The van der Waals surface area contributed by atoms with E-state index in [0.29, 0.717) is 19.7 Å². The van der Waals surface area contributed by atoms with Gasteiger partial charge in [-0.2, -0.15) is 0 Å². The fraction of sp³-hybridized carbons (Fsp3) is 0.474. The summed E-state index contributed by atoms with van der Waals surface area (Å²) in [4.78, 5) is 32.9. The lowest BCUT2D eigenvalue weighted by Gasteiger charge is -2.49. The van der Waals surface area contributed by atoms with Gasteiger partial charge >= 0.3 is 0 Å². The summed E-state index contributed by atoms with van der Waals surface area (Å²) in [5.41, 5.74) is 2.10. The van der Waals surface area contributed by atoms with Crippen molar-refractivity contribution in [1.29, 1.82) is 0 Å². The number of carbonyl (C=O) groups excluding carboxylic acids is 2. The molecule has 0 aliphatic carbocycles. The minimum absolute atomic E-state index is 0.00397. The van der Waals surface area contributed by atoms with E-state index >= 15 is 0 Å². The van der Waals surface area contributed by atoms with Gasteiger partial charge in [0, 0.05) is 37.7 Å². The number of aromatic nitrogens is 1. The molecule has 1 aromatic carbocycles. The molecule has 2 aliphatic heterocycles. The normalized spacial score (nSPS) is 23.1. The molecule has 0 spiro atoms. The van der Waals surface area contributed by atoms with Crippen LogP contribution in [0, 0.1) is 0 Å². The molecule has 1 atom stereocenters. The van der Waals surface area contributed by atoms with E-state index in [1.807, 2.05) is 25.1 Å². The lowest BCUT2D eigenvalue weighted by atomic mass is 9.83. The predicted octanol–water partition coefficient (Wildman–Crippen LogP) is 1.65. The van der Waals surface area contributed by atoms with Crippen molar-refractivity contribution < 1.29 is 14.3 Å². The molecule has 6 heteroatoms. The Morgan fingerprint density at radius 1 is 1.28 bits per heavy atom. The predicted molar refractivity (Wildman–Crippen MR) is 94.1 cm³/mol. The number of fused-ring (bicyclic) bond motifs is 5. The number of nitrogens with zero attached hydrogens (tertiary/aromatic N) is 2. The smallest absolute Gasteiger partial charge is 0.254 e. The van der Waals surface area contributed by atoms with Gasteiger partial charge in [0.1, 0.15) is 0 Å².